The highest BCUT2D eigenvalue weighted by atomic mass is 32.2. The lowest BCUT2D eigenvalue weighted by atomic mass is 10.2. The van der Waals surface area contributed by atoms with Gasteiger partial charge < -0.3 is 0 Å². The van der Waals surface area contributed by atoms with Gasteiger partial charge in [0.2, 0.25) is 0 Å². The van der Waals surface area contributed by atoms with Crippen molar-refractivity contribution < 1.29 is 4.39 Å². The molecule has 116 valence electrons. The first-order valence-corrected chi connectivity index (χ1v) is 8.14. The molecule has 3 rings (SSSR count). The summed E-state index contributed by atoms with van der Waals surface area (Å²) >= 11 is 1.38. The van der Waals surface area contributed by atoms with Gasteiger partial charge in [-0.05, 0) is 30.7 Å². The van der Waals surface area contributed by atoms with Gasteiger partial charge in [0.05, 0.1) is 5.69 Å². The molecule has 0 saturated carbocycles. The Morgan fingerprint density at radius 3 is 2.70 bits per heavy atom. The number of aryl methyl sites for hydroxylation is 1. The third-order valence-corrected chi connectivity index (χ3v) is 4.42. The lowest BCUT2D eigenvalue weighted by molar-refractivity contribution is 0.626. The molecule has 23 heavy (non-hydrogen) atoms. The van der Waals surface area contributed by atoms with Crippen molar-refractivity contribution in [2.45, 2.75) is 17.7 Å². The summed E-state index contributed by atoms with van der Waals surface area (Å²) in [4.78, 5) is 16.7. The van der Waals surface area contributed by atoms with Crippen molar-refractivity contribution >= 4 is 11.8 Å². The second kappa shape index (κ2) is 6.79. The van der Waals surface area contributed by atoms with Crippen LogP contribution in [0.4, 0.5) is 4.39 Å². The van der Waals surface area contributed by atoms with Crippen LogP contribution in [-0.2, 0) is 5.75 Å². The second-order valence-electron chi connectivity index (χ2n) is 5.16. The standard InChI is InChI=1S/C18H15FN2OS/c1-13-5-7-14(8-6-13)12-23-17-18(22)21(10-9-20-17)16-4-2-3-15(19)11-16/h2-11H,12H2,1H3. The minimum atomic E-state index is -0.375. The number of hydrogen-bond donors (Lipinski definition) is 0. The van der Waals surface area contributed by atoms with Crippen LogP contribution in [0.15, 0.2) is 70.7 Å². The molecule has 0 atom stereocenters. The van der Waals surface area contributed by atoms with Crippen molar-refractivity contribution in [1.82, 2.24) is 9.55 Å². The Morgan fingerprint density at radius 2 is 1.96 bits per heavy atom. The van der Waals surface area contributed by atoms with Gasteiger partial charge in [-0.15, -0.1) is 0 Å². The predicted octanol–water partition coefficient (Wildman–Crippen LogP) is 3.97. The fraction of sp³-hybridized carbons (Fsp3) is 0.111. The first-order chi connectivity index (χ1) is 11.1. The largest absolute Gasteiger partial charge is 0.287 e. The van der Waals surface area contributed by atoms with E-state index >= 15 is 0 Å². The average Bonchev–Trinajstić information content (AvgIpc) is 2.55. The minimum Gasteiger partial charge on any atom is -0.280 e. The highest BCUT2D eigenvalue weighted by Gasteiger charge is 2.08. The van der Waals surface area contributed by atoms with Crippen LogP contribution >= 0.6 is 11.8 Å². The van der Waals surface area contributed by atoms with Gasteiger partial charge in [0.1, 0.15) is 5.82 Å². The third-order valence-electron chi connectivity index (χ3n) is 3.39. The quantitative estimate of drug-likeness (QED) is 0.680. The van der Waals surface area contributed by atoms with Gasteiger partial charge in [-0.3, -0.25) is 9.36 Å². The molecule has 0 aliphatic rings. The van der Waals surface area contributed by atoms with Crippen molar-refractivity contribution in [2.24, 2.45) is 0 Å². The molecule has 0 N–H and O–H groups in total. The smallest absolute Gasteiger partial charge is 0.280 e. The zero-order valence-corrected chi connectivity index (χ0v) is 13.4. The molecule has 0 bridgehead atoms. The Bertz CT molecular complexity index is 875. The van der Waals surface area contributed by atoms with E-state index in [9.17, 15) is 9.18 Å². The number of thioether (sulfide) groups is 1. The molecule has 0 unspecified atom stereocenters. The number of hydrogen-bond acceptors (Lipinski definition) is 3. The van der Waals surface area contributed by atoms with Crippen molar-refractivity contribution in [3.05, 3.63) is 88.2 Å². The fourth-order valence-corrected chi connectivity index (χ4v) is 3.01. The number of halogens is 1. The van der Waals surface area contributed by atoms with E-state index in [0.29, 0.717) is 16.5 Å². The van der Waals surface area contributed by atoms with Crippen molar-refractivity contribution in [1.29, 1.82) is 0 Å². The molecule has 0 fully saturated rings. The van der Waals surface area contributed by atoms with Crippen LogP contribution in [0.5, 0.6) is 0 Å². The van der Waals surface area contributed by atoms with Crippen LogP contribution in [0.1, 0.15) is 11.1 Å². The van der Waals surface area contributed by atoms with Crippen LogP contribution in [0, 0.1) is 12.7 Å². The Balaban J connectivity index is 1.85. The lowest BCUT2D eigenvalue weighted by Crippen LogP contribution is -2.20. The van der Waals surface area contributed by atoms with Crippen LogP contribution < -0.4 is 5.56 Å². The van der Waals surface area contributed by atoms with Crippen molar-refractivity contribution in [2.75, 3.05) is 0 Å². The number of benzene rings is 2. The van der Waals surface area contributed by atoms with Crippen LogP contribution in [-0.4, -0.2) is 9.55 Å². The third kappa shape index (κ3) is 3.68. The topological polar surface area (TPSA) is 34.9 Å². The molecule has 0 aliphatic carbocycles. The van der Waals surface area contributed by atoms with Crippen LogP contribution in [0.25, 0.3) is 5.69 Å². The normalized spacial score (nSPS) is 10.7. The molecule has 3 aromatic rings. The Morgan fingerprint density at radius 1 is 1.17 bits per heavy atom. The minimum absolute atomic E-state index is 0.241. The van der Waals surface area contributed by atoms with Gasteiger partial charge in [0.15, 0.2) is 5.03 Å². The summed E-state index contributed by atoms with van der Waals surface area (Å²) < 4.78 is 14.8. The highest BCUT2D eigenvalue weighted by molar-refractivity contribution is 7.98. The SMILES string of the molecule is Cc1ccc(CSc2nccn(-c3cccc(F)c3)c2=O)cc1. The zero-order valence-electron chi connectivity index (χ0n) is 12.6. The molecule has 0 aliphatic heterocycles. The summed E-state index contributed by atoms with van der Waals surface area (Å²) in [5.74, 6) is 0.287. The molecule has 1 heterocycles. The average molecular weight is 326 g/mol. The molecule has 0 amide bonds. The summed E-state index contributed by atoms with van der Waals surface area (Å²) in [6.07, 6.45) is 3.11. The van der Waals surface area contributed by atoms with Gasteiger partial charge in [-0.1, -0.05) is 47.7 Å². The second-order valence-corrected chi connectivity index (χ2v) is 6.13. The molecule has 5 heteroatoms. The monoisotopic (exact) mass is 326 g/mol. The zero-order chi connectivity index (χ0) is 16.2. The van der Waals surface area contributed by atoms with Gasteiger partial charge in [0, 0.05) is 18.1 Å². The predicted molar refractivity (Wildman–Crippen MR) is 90.5 cm³/mol. The van der Waals surface area contributed by atoms with Crippen molar-refractivity contribution in [3.63, 3.8) is 0 Å². The first kappa shape index (κ1) is 15.5. The van der Waals surface area contributed by atoms with E-state index in [-0.39, 0.29) is 11.4 Å². The highest BCUT2D eigenvalue weighted by Crippen LogP contribution is 2.18. The Kier molecular flexibility index (Phi) is 4.57. The fourth-order valence-electron chi connectivity index (χ4n) is 2.16. The van der Waals surface area contributed by atoms with Crippen LogP contribution in [0.3, 0.4) is 0 Å². The Hall–Kier alpha value is -2.40. The van der Waals surface area contributed by atoms with E-state index in [4.69, 9.17) is 0 Å². The molecular weight excluding hydrogens is 311 g/mol. The summed E-state index contributed by atoms with van der Waals surface area (Å²) in [5, 5.41) is 0.400. The van der Waals surface area contributed by atoms with Gasteiger partial charge in [-0.2, -0.15) is 0 Å². The van der Waals surface area contributed by atoms with Crippen molar-refractivity contribution in [3.8, 4) is 5.69 Å². The van der Waals surface area contributed by atoms with E-state index in [0.717, 1.165) is 5.56 Å². The molecule has 1 aromatic heterocycles. The molecule has 0 saturated heterocycles. The number of aromatic nitrogens is 2. The van der Waals surface area contributed by atoms with E-state index < -0.39 is 0 Å². The molecular formula is C18H15FN2OS. The molecule has 2 aromatic carbocycles. The van der Waals surface area contributed by atoms with Gasteiger partial charge >= 0.3 is 0 Å². The van der Waals surface area contributed by atoms with E-state index in [1.807, 2.05) is 31.2 Å². The first-order valence-electron chi connectivity index (χ1n) is 7.15. The number of rotatable bonds is 4. The molecule has 0 radical (unpaired) electrons. The molecule has 3 nitrogen and oxygen atoms in total. The summed E-state index contributed by atoms with van der Waals surface area (Å²) in [6.45, 7) is 2.04. The Labute approximate surface area is 137 Å². The van der Waals surface area contributed by atoms with E-state index in [1.54, 1.807) is 24.5 Å². The van der Waals surface area contributed by atoms with Gasteiger partial charge in [-0.25, -0.2) is 9.37 Å². The maximum atomic E-state index is 13.4. The van der Waals surface area contributed by atoms with E-state index in [1.165, 1.54) is 34.0 Å². The lowest BCUT2D eigenvalue weighted by Gasteiger charge is -2.07. The van der Waals surface area contributed by atoms with Crippen LogP contribution in [0.2, 0.25) is 0 Å². The molecule has 0 spiro atoms. The maximum Gasteiger partial charge on any atom is 0.287 e. The summed E-state index contributed by atoms with van der Waals surface area (Å²) in [7, 11) is 0. The summed E-state index contributed by atoms with van der Waals surface area (Å²) in [6, 6.07) is 14.1. The number of nitrogens with zero attached hydrogens (tertiary/aromatic N) is 2. The summed E-state index contributed by atoms with van der Waals surface area (Å²) in [5.41, 5.74) is 2.58. The van der Waals surface area contributed by atoms with Gasteiger partial charge in [0.25, 0.3) is 5.56 Å². The maximum absolute atomic E-state index is 13.4. The van der Waals surface area contributed by atoms with E-state index in [2.05, 4.69) is 4.98 Å².